The second kappa shape index (κ2) is 5.14. The maximum absolute atomic E-state index is 12.8. The summed E-state index contributed by atoms with van der Waals surface area (Å²) >= 11 is 0. The van der Waals surface area contributed by atoms with Crippen LogP contribution in [0.1, 0.15) is 17.2 Å². The van der Waals surface area contributed by atoms with Crippen molar-refractivity contribution in [2.75, 3.05) is 6.54 Å². The van der Waals surface area contributed by atoms with E-state index in [4.69, 9.17) is 11.7 Å². The molecule has 0 saturated heterocycles. The standard InChI is InChI=1S/C12H11FN2/c1-3-6-15-12(8-14)11-5-4-10(13)7-9(11)2/h1,4-5,7,12,15H,6H2,2H3. The van der Waals surface area contributed by atoms with Crippen LogP contribution in [0.25, 0.3) is 0 Å². The van der Waals surface area contributed by atoms with Crippen molar-refractivity contribution in [2.24, 2.45) is 0 Å². The molecule has 1 unspecified atom stereocenters. The van der Waals surface area contributed by atoms with Gasteiger partial charge in [-0.2, -0.15) is 5.26 Å². The number of nitrogens with one attached hydrogen (secondary N) is 1. The number of rotatable bonds is 3. The van der Waals surface area contributed by atoms with E-state index in [9.17, 15) is 4.39 Å². The summed E-state index contributed by atoms with van der Waals surface area (Å²) in [5.74, 6) is 2.10. The summed E-state index contributed by atoms with van der Waals surface area (Å²) in [5, 5.41) is 11.8. The molecule has 15 heavy (non-hydrogen) atoms. The predicted octanol–water partition coefficient (Wildman–Crippen LogP) is 1.92. The lowest BCUT2D eigenvalue weighted by Gasteiger charge is -2.12. The molecule has 1 atom stereocenters. The summed E-state index contributed by atoms with van der Waals surface area (Å²) < 4.78 is 12.8. The van der Waals surface area contributed by atoms with Gasteiger partial charge in [-0.1, -0.05) is 12.0 Å². The highest BCUT2D eigenvalue weighted by molar-refractivity contribution is 5.32. The zero-order valence-corrected chi connectivity index (χ0v) is 8.42. The third kappa shape index (κ3) is 2.80. The fraction of sp³-hybridized carbons (Fsp3) is 0.250. The first-order chi connectivity index (χ1) is 7.19. The van der Waals surface area contributed by atoms with Crippen LogP contribution in [0.2, 0.25) is 0 Å². The maximum Gasteiger partial charge on any atom is 0.123 e. The molecule has 0 radical (unpaired) electrons. The van der Waals surface area contributed by atoms with Crippen molar-refractivity contribution in [1.29, 1.82) is 5.26 Å². The number of halogens is 1. The van der Waals surface area contributed by atoms with Crippen molar-refractivity contribution in [2.45, 2.75) is 13.0 Å². The molecule has 0 bridgehead atoms. The Morgan fingerprint density at radius 1 is 1.60 bits per heavy atom. The molecule has 1 aromatic rings. The minimum Gasteiger partial charge on any atom is -0.287 e. The first kappa shape index (κ1) is 11.2. The maximum atomic E-state index is 12.8. The molecule has 0 aliphatic rings. The Kier molecular flexibility index (Phi) is 3.85. The van der Waals surface area contributed by atoms with E-state index in [-0.39, 0.29) is 5.82 Å². The molecule has 0 amide bonds. The smallest absolute Gasteiger partial charge is 0.123 e. The summed E-state index contributed by atoms with van der Waals surface area (Å²) in [7, 11) is 0. The summed E-state index contributed by atoms with van der Waals surface area (Å²) in [6.45, 7) is 2.08. The van der Waals surface area contributed by atoms with Gasteiger partial charge in [0.25, 0.3) is 0 Å². The Hall–Kier alpha value is -1.84. The lowest BCUT2D eigenvalue weighted by molar-refractivity contribution is 0.621. The third-order valence-electron chi connectivity index (χ3n) is 2.08. The van der Waals surface area contributed by atoms with Crippen LogP contribution in [0, 0.1) is 36.4 Å². The van der Waals surface area contributed by atoms with Gasteiger partial charge in [0, 0.05) is 0 Å². The zero-order chi connectivity index (χ0) is 11.3. The van der Waals surface area contributed by atoms with E-state index in [0.717, 1.165) is 11.1 Å². The SMILES string of the molecule is C#CCNC(C#N)c1ccc(F)cc1C. The highest BCUT2D eigenvalue weighted by Crippen LogP contribution is 2.17. The first-order valence-corrected chi connectivity index (χ1v) is 4.51. The van der Waals surface area contributed by atoms with Gasteiger partial charge in [0.1, 0.15) is 11.9 Å². The van der Waals surface area contributed by atoms with Gasteiger partial charge in [-0.25, -0.2) is 4.39 Å². The molecule has 0 spiro atoms. The van der Waals surface area contributed by atoms with Gasteiger partial charge in [0.2, 0.25) is 0 Å². The molecular formula is C12H11FN2. The van der Waals surface area contributed by atoms with Crippen LogP contribution < -0.4 is 5.32 Å². The van der Waals surface area contributed by atoms with Crippen LogP contribution in [0.3, 0.4) is 0 Å². The molecule has 1 rings (SSSR count). The number of nitrogens with zero attached hydrogens (tertiary/aromatic N) is 1. The summed E-state index contributed by atoms with van der Waals surface area (Å²) in [4.78, 5) is 0. The van der Waals surface area contributed by atoms with Gasteiger partial charge in [-0.15, -0.1) is 6.42 Å². The molecule has 0 aliphatic carbocycles. The van der Waals surface area contributed by atoms with E-state index in [2.05, 4.69) is 17.3 Å². The van der Waals surface area contributed by atoms with Gasteiger partial charge < -0.3 is 0 Å². The molecule has 0 fully saturated rings. The van der Waals surface area contributed by atoms with Gasteiger partial charge in [0.15, 0.2) is 0 Å². The zero-order valence-electron chi connectivity index (χ0n) is 8.42. The van der Waals surface area contributed by atoms with E-state index in [0.29, 0.717) is 6.54 Å². The second-order valence-electron chi connectivity index (χ2n) is 3.15. The molecule has 1 N–H and O–H groups in total. The highest BCUT2D eigenvalue weighted by atomic mass is 19.1. The van der Waals surface area contributed by atoms with Crippen molar-refractivity contribution in [3.63, 3.8) is 0 Å². The normalized spacial score (nSPS) is 11.5. The predicted molar refractivity (Wildman–Crippen MR) is 56.3 cm³/mol. The number of aryl methyl sites for hydroxylation is 1. The van der Waals surface area contributed by atoms with E-state index in [1.165, 1.54) is 12.1 Å². The second-order valence-corrected chi connectivity index (χ2v) is 3.15. The van der Waals surface area contributed by atoms with Gasteiger partial charge in [-0.05, 0) is 30.2 Å². The van der Waals surface area contributed by atoms with E-state index in [1.807, 2.05) is 0 Å². The molecule has 1 aromatic carbocycles. The molecule has 0 saturated carbocycles. The molecule has 0 heterocycles. The van der Waals surface area contributed by atoms with Crippen molar-refractivity contribution in [3.05, 3.63) is 35.1 Å². The average molecular weight is 202 g/mol. The van der Waals surface area contributed by atoms with E-state index >= 15 is 0 Å². The fourth-order valence-electron chi connectivity index (χ4n) is 1.35. The van der Waals surface area contributed by atoms with Crippen LogP contribution in [0.5, 0.6) is 0 Å². The Bertz CT molecular complexity index is 426. The molecule has 2 nitrogen and oxygen atoms in total. The number of hydrogen-bond acceptors (Lipinski definition) is 2. The van der Waals surface area contributed by atoms with Crippen molar-refractivity contribution >= 4 is 0 Å². The monoisotopic (exact) mass is 202 g/mol. The summed E-state index contributed by atoms with van der Waals surface area (Å²) in [6.07, 6.45) is 5.09. The minimum atomic E-state index is -0.485. The Morgan fingerprint density at radius 3 is 2.87 bits per heavy atom. The van der Waals surface area contributed by atoms with Crippen molar-refractivity contribution < 1.29 is 4.39 Å². The van der Waals surface area contributed by atoms with E-state index < -0.39 is 6.04 Å². The van der Waals surface area contributed by atoms with Gasteiger partial charge >= 0.3 is 0 Å². The Morgan fingerprint density at radius 2 is 2.33 bits per heavy atom. The first-order valence-electron chi connectivity index (χ1n) is 4.51. The van der Waals surface area contributed by atoms with Crippen LogP contribution in [0.4, 0.5) is 4.39 Å². The quantitative estimate of drug-likeness (QED) is 0.760. The summed E-state index contributed by atoms with van der Waals surface area (Å²) in [5.41, 5.74) is 1.50. The topological polar surface area (TPSA) is 35.8 Å². The molecule has 0 aromatic heterocycles. The van der Waals surface area contributed by atoms with Gasteiger partial charge in [-0.3, -0.25) is 5.32 Å². The van der Waals surface area contributed by atoms with Crippen LogP contribution in [0.15, 0.2) is 18.2 Å². The molecule has 3 heteroatoms. The minimum absolute atomic E-state index is 0.301. The largest absolute Gasteiger partial charge is 0.287 e. The molecular weight excluding hydrogens is 191 g/mol. The van der Waals surface area contributed by atoms with Crippen LogP contribution in [-0.2, 0) is 0 Å². The van der Waals surface area contributed by atoms with Crippen LogP contribution >= 0.6 is 0 Å². The fourth-order valence-corrected chi connectivity index (χ4v) is 1.35. The Labute approximate surface area is 88.7 Å². The lowest BCUT2D eigenvalue weighted by atomic mass is 10.0. The number of hydrogen-bond donors (Lipinski definition) is 1. The average Bonchev–Trinajstić information content (AvgIpc) is 2.21. The lowest BCUT2D eigenvalue weighted by Crippen LogP contribution is -2.20. The number of nitriles is 1. The van der Waals surface area contributed by atoms with Crippen LogP contribution in [-0.4, -0.2) is 6.54 Å². The van der Waals surface area contributed by atoms with E-state index in [1.54, 1.807) is 13.0 Å². The van der Waals surface area contributed by atoms with Crippen molar-refractivity contribution in [3.8, 4) is 18.4 Å². The highest BCUT2D eigenvalue weighted by Gasteiger charge is 2.11. The summed E-state index contributed by atoms with van der Waals surface area (Å²) in [6, 6.07) is 5.94. The number of terminal acetylenes is 1. The molecule has 76 valence electrons. The Balaban J connectivity index is 2.94. The van der Waals surface area contributed by atoms with Crippen molar-refractivity contribution in [1.82, 2.24) is 5.32 Å². The third-order valence-corrected chi connectivity index (χ3v) is 2.08. The van der Waals surface area contributed by atoms with Gasteiger partial charge in [0.05, 0.1) is 12.6 Å². The molecule has 0 aliphatic heterocycles. The number of benzene rings is 1.